The molecule has 6 nitrogen and oxygen atoms in total. The summed E-state index contributed by atoms with van der Waals surface area (Å²) in [6, 6.07) is 8.33. The van der Waals surface area contributed by atoms with E-state index >= 15 is 0 Å². The number of likely N-dealkylation sites (tertiary alicyclic amines) is 1. The van der Waals surface area contributed by atoms with Crippen LogP contribution >= 0.6 is 24.0 Å². The second-order valence-corrected chi connectivity index (χ2v) is 7.29. The molecule has 0 bridgehead atoms. The zero-order valence-electron chi connectivity index (χ0n) is 17.5. The van der Waals surface area contributed by atoms with Crippen molar-refractivity contribution in [2.24, 2.45) is 4.99 Å². The van der Waals surface area contributed by atoms with Crippen LogP contribution in [0.25, 0.3) is 0 Å². The smallest absolute Gasteiger partial charge is 0.251 e. The summed E-state index contributed by atoms with van der Waals surface area (Å²) in [5.41, 5.74) is 1.79. The lowest BCUT2D eigenvalue weighted by molar-refractivity contribution is 0.0954. The number of rotatable bonds is 8. The molecule has 3 N–H and O–H groups in total. The first-order valence-electron chi connectivity index (χ1n) is 10.1. The highest BCUT2D eigenvalue weighted by molar-refractivity contribution is 14.0. The van der Waals surface area contributed by atoms with E-state index in [9.17, 15) is 4.79 Å². The van der Waals surface area contributed by atoms with Crippen LogP contribution in [-0.2, 0) is 0 Å². The van der Waals surface area contributed by atoms with Crippen LogP contribution in [0.1, 0.15) is 48.5 Å². The van der Waals surface area contributed by atoms with Crippen LogP contribution in [-0.4, -0.2) is 62.6 Å². The summed E-state index contributed by atoms with van der Waals surface area (Å²) in [7, 11) is 1.77. The molecule has 0 aliphatic carbocycles. The first kappa shape index (κ1) is 24.7. The number of hydrogen-bond donors (Lipinski definition) is 3. The molecule has 1 aromatic rings. The van der Waals surface area contributed by atoms with Gasteiger partial charge in [-0.25, -0.2) is 0 Å². The molecular weight excluding hydrogens is 465 g/mol. The Morgan fingerprint density at radius 2 is 1.93 bits per heavy atom. The van der Waals surface area contributed by atoms with Gasteiger partial charge in [0.25, 0.3) is 5.91 Å². The summed E-state index contributed by atoms with van der Waals surface area (Å²) in [6.07, 6.45) is 5.13. The fourth-order valence-corrected chi connectivity index (χ4v) is 3.44. The maximum absolute atomic E-state index is 12.1. The van der Waals surface area contributed by atoms with E-state index in [0.717, 1.165) is 31.0 Å². The van der Waals surface area contributed by atoms with Gasteiger partial charge < -0.3 is 20.9 Å². The third-order valence-electron chi connectivity index (χ3n) is 5.06. The third-order valence-corrected chi connectivity index (χ3v) is 5.06. The zero-order valence-corrected chi connectivity index (χ0v) is 19.8. The van der Waals surface area contributed by atoms with Crippen molar-refractivity contribution >= 4 is 35.8 Å². The van der Waals surface area contributed by atoms with Crippen LogP contribution in [0.15, 0.2) is 29.3 Å². The van der Waals surface area contributed by atoms with Crippen molar-refractivity contribution in [3.05, 3.63) is 35.4 Å². The fourth-order valence-electron chi connectivity index (χ4n) is 3.44. The molecule has 158 valence electrons. The van der Waals surface area contributed by atoms with Crippen molar-refractivity contribution in [3.63, 3.8) is 0 Å². The molecule has 7 heteroatoms. The quantitative estimate of drug-likeness (QED) is 0.222. The van der Waals surface area contributed by atoms with Gasteiger partial charge in [-0.1, -0.05) is 24.1 Å². The molecule has 1 aliphatic heterocycles. The largest absolute Gasteiger partial charge is 0.356 e. The van der Waals surface area contributed by atoms with E-state index in [1.54, 1.807) is 7.05 Å². The molecule has 1 atom stereocenters. The highest BCUT2D eigenvalue weighted by Crippen LogP contribution is 2.15. The number of nitrogens with zero attached hydrogens (tertiary/aromatic N) is 2. The summed E-state index contributed by atoms with van der Waals surface area (Å²) in [4.78, 5) is 18.9. The number of piperidine rings is 1. The first-order valence-corrected chi connectivity index (χ1v) is 10.1. The van der Waals surface area contributed by atoms with E-state index in [1.165, 1.54) is 25.8 Å². The van der Waals surface area contributed by atoms with Crippen LogP contribution in [0, 0.1) is 6.92 Å². The third kappa shape index (κ3) is 8.77. The number of guanidine groups is 1. The van der Waals surface area contributed by atoms with Crippen LogP contribution in [0.5, 0.6) is 0 Å². The highest BCUT2D eigenvalue weighted by atomic mass is 127. The van der Waals surface area contributed by atoms with Gasteiger partial charge in [0.15, 0.2) is 5.96 Å². The number of aryl methyl sites for hydroxylation is 1. The molecule has 1 saturated heterocycles. The molecule has 1 heterocycles. The molecule has 0 radical (unpaired) electrons. The van der Waals surface area contributed by atoms with Crippen molar-refractivity contribution in [1.82, 2.24) is 20.9 Å². The molecule has 1 aliphatic rings. The Bertz CT molecular complexity index is 623. The van der Waals surface area contributed by atoms with Gasteiger partial charge in [0, 0.05) is 44.8 Å². The van der Waals surface area contributed by atoms with E-state index in [2.05, 4.69) is 32.8 Å². The molecule has 0 spiro atoms. The summed E-state index contributed by atoms with van der Waals surface area (Å²) >= 11 is 0. The molecule has 2 rings (SSSR count). The first-order chi connectivity index (χ1) is 13.1. The van der Waals surface area contributed by atoms with Gasteiger partial charge in [-0.05, 0) is 51.8 Å². The van der Waals surface area contributed by atoms with Crippen LogP contribution in [0.2, 0.25) is 0 Å². The fraction of sp³-hybridized carbons (Fsp3) is 0.619. The molecule has 1 amide bonds. The van der Waals surface area contributed by atoms with Crippen molar-refractivity contribution in [2.45, 2.75) is 45.6 Å². The minimum absolute atomic E-state index is 0. The SMILES string of the molecule is CN=C(NCCCN1CCCCC1C)NCCNC(=O)c1cccc(C)c1.I. The van der Waals surface area contributed by atoms with Gasteiger partial charge in [0.1, 0.15) is 0 Å². The number of carbonyl (C=O) groups is 1. The van der Waals surface area contributed by atoms with E-state index in [4.69, 9.17) is 0 Å². The van der Waals surface area contributed by atoms with Crippen molar-refractivity contribution in [1.29, 1.82) is 0 Å². The van der Waals surface area contributed by atoms with Crippen LogP contribution < -0.4 is 16.0 Å². The average Bonchev–Trinajstić information content (AvgIpc) is 2.67. The maximum Gasteiger partial charge on any atom is 0.251 e. The van der Waals surface area contributed by atoms with Gasteiger partial charge in [0.05, 0.1) is 0 Å². The van der Waals surface area contributed by atoms with Crippen molar-refractivity contribution in [3.8, 4) is 0 Å². The number of amides is 1. The molecule has 1 fully saturated rings. The second-order valence-electron chi connectivity index (χ2n) is 7.29. The standard InChI is InChI=1S/C21H35N5O.HI/c1-17-8-6-10-19(16-17)20(27)23-12-13-25-21(22-3)24-11-7-15-26-14-5-4-9-18(26)2;/h6,8,10,16,18H,4-5,7,9,11-15H2,1-3H3,(H,23,27)(H2,22,24,25);1H. The van der Waals surface area contributed by atoms with Gasteiger partial charge in [0.2, 0.25) is 0 Å². The van der Waals surface area contributed by atoms with Gasteiger partial charge in [-0.15, -0.1) is 24.0 Å². The number of halogens is 1. The maximum atomic E-state index is 12.1. The summed E-state index contributed by atoms with van der Waals surface area (Å²) < 4.78 is 0. The van der Waals surface area contributed by atoms with E-state index < -0.39 is 0 Å². The number of carbonyl (C=O) groups excluding carboxylic acids is 1. The summed E-state index contributed by atoms with van der Waals surface area (Å²) in [5.74, 6) is 0.741. The van der Waals surface area contributed by atoms with E-state index in [-0.39, 0.29) is 29.9 Å². The minimum atomic E-state index is -0.0425. The Morgan fingerprint density at radius 3 is 2.64 bits per heavy atom. The van der Waals surface area contributed by atoms with Crippen molar-refractivity contribution in [2.75, 3.05) is 39.8 Å². The monoisotopic (exact) mass is 501 g/mol. The predicted octanol–water partition coefficient (Wildman–Crippen LogP) is 2.77. The second kappa shape index (κ2) is 13.8. The number of benzene rings is 1. The Kier molecular flexibility index (Phi) is 12.1. The molecule has 1 aromatic carbocycles. The van der Waals surface area contributed by atoms with Crippen LogP contribution in [0.4, 0.5) is 0 Å². The van der Waals surface area contributed by atoms with Crippen LogP contribution in [0.3, 0.4) is 0 Å². The minimum Gasteiger partial charge on any atom is -0.356 e. The van der Waals surface area contributed by atoms with E-state index in [1.807, 2.05) is 31.2 Å². The predicted molar refractivity (Wildman–Crippen MR) is 128 cm³/mol. The Balaban J connectivity index is 0.00000392. The molecular formula is C21H36IN5O. The molecule has 0 saturated carbocycles. The Hall–Kier alpha value is -1.35. The lowest BCUT2D eigenvalue weighted by atomic mass is 10.0. The molecule has 0 aromatic heterocycles. The Morgan fingerprint density at radius 1 is 1.18 bits per heavy atom. The molecule has 28 heavy (non-hydrogen) atoms. The molecule has 1 unspecified atom stereocenters. The van der Waals surface area contributed by atoms with Gasteiger partial charge in [-0.3, -0.25) is 9.79 Å². The van der Waals surface area contributed by atoms with E-state index in [0.29, 0.717) is 24.7 Å². The Labute approximate surface area is 187 Å². The highest BCUT2D eigenvalue weighted by Gasteiger charge is 2.17. The lowest BCUT2D eigenvalue weighted by Crippen LogP contribution is -2.43. The van der Waals surface area contributed by atoms with Crippen molar-refractivity contribution < 1.29 is 4.79 Å². The number of hydrogen-bond acceptors (Lipinski definition) is 3. The summed E-state index contributed by atoms with van der Waals surface area (Å²) in [5, 5.41) is 9.53. The number of aliphatic imine (C=N–C) groups is 1. The topological polar surface area (TPSA) is 68.8 Å². The zero-order chi connectivity index (χ0) is 19.5. The van der Waals surface area contributed by atoms with Gasteiger partial charge >= 0.3 is 0 Å². The average molecular weight is 501 g/mol. The summed E-state index contributed by atoms with van der Waals surface area (Å²) in [6.45, 7) is 8.78. The lowest BCUT2D eigenvalue weighted by Gasteiger charge is -2.33. The van der Waals surface area contributed by atoms with Gasteiger partial charge in [-0.2, -0.15) is 0 Å². The normalized spacial score (nSPS) is 17.5. The number of nitrogens with one attached hydrogen (secondary N) is 3.